The predicted octanol–water partition coefficient (Wildman–Crippen LogP) is 0.506. The van der Waals surface area contributed by atoms with Crippen molar-refractivity contribution in [2.75, 3.05) is 39.4 Å². The zero-order valence-electron chi connectivity index (χ0n) is 14.4. The highest BCUT2D eigenvalue weighted by atomic mass is 32.2. The van der Waals surface area contributed by atoms with Crippen molar-refractivity contribution in [1.82, 2.24) is 4.90 Å². The van der Waals surface area contributed by atoms with Crippen LogP contribution in [0.25, 0.3) is 0 Å². The zero-order chi connectivity index (χ0) is 18.6. The number of likely N-dealkylation sites (N-methyl/N-ethyl adjacent to an activating group) is 1. The minimum absolute atomic E-state index is 0.0567. The Morgan fingerprint density at radius 1 is 1.20 bits per heavy atom. The summed E-state index contributed by atoms with van der Waals surface area (Å²) in [5, 5.41) is 0. The Kier molecular flexibility index (Phi) is 5.89. The molecule has 1 aliphatic heterocycles. The Hall–Kier alpha value is -2.29. The van der Waals surface area contributed by atoms with E-state index in [1.807, 2.05) is 0 Å². The van der Waals surface area contributed by atoms with E-state index in [2.05, 4.69) is 0 Å². The third-order valence-electron chi connectivity index (χ3n) is 4.10. The van der Waals surface area contributed by atoms with Crippen LogP contribution in [-0.4, -0.2) is 70.6 Å². The van der Waals surface area contributed by atoms with Gasteiger partial charge in [0.1, 0.15) is 0 Å². The molecular weight excluding hydrogens is 350 g/mol. The number of hydrogen-bond acceptors (Lipinski definition) is 7. The van der Waals surface area contributed by atoms with Gasteiger partial charge in [-0.25, -0.2) is 13.2 Å². The number of nitrogens with zero attached hydrogens (tertiary/aromatic N) is 1. The summed E-state index contributed by atoms with van der Waals surface area (Å²) in [6.07, 6.45) is 0.397. The summed E-state index contributed by atoms with van der Waals surface area (Å²) in [7, 11) is 1.35. The number of amides is 1. The molecule has 0 aliphatic carbocycles. The summed E-state index contributed by atoms with van der Waals surface area (Å²) in [5.41, 5.74) is 0.219. The fourth-order valence-corrected chi connectivity index (χ4v) is 4.33. The van der Waals surface area contributed by atoms with E-state index in [-0.39, 0.29) is 23.1 Å². The molecule has 1 fully saturated rings. The highest BCUT2D eigenvalue weighted by Crippen LogP contribution is 2.27. The van der Waals surface area contributed by atoms with Gasteiger partial charge in [-0.2, -0.15) is 0 Å². The van der Waals surface area contributed by atoms with Crippen molar-refractivity contribution in [2.24, 2.45) is 0 Å². The molecule has 0 aromatic heterocycles. The Labute approximate surface area is 146 Å². The predicted molar refractivity (Wildman–Crippen MR) is 89.7 cm³/mol. The standard InChI is InChI=1S/C16H21NO7S/c1-17(12-6-7-25(20,21)10-12)15(18)9-24-16(19)11-4-5-13(22-2)14(8-11)23-3/h4-5,8,12H,6-7,9-10H2,1-3H3/t12-/m1/s1. The van der Waals surface area contributed by atoms with Gasteiger partial charge in [-0.15, -0.1) is 0 Å². The molecule has 0 spiro atoms. The van der Waals surface area contributed by atoms with Crippen molar-refractivity contribution in [3.63, 3.8) is 0 Å². The Bertz CT molecular complexity index is 760. The van der Waals surface area contributed by atoms with Gasteiger partial charge in [0.25, 0.3) is 5.91 Å². The molecule has 1 saturated heterocycles. The number of benzene rings is 1. The van der Waals surface area contributed by atoms with E-state index in [0.29, 0.717) is 17.9 Å². The van der Waals surface area contributed by atoms with Crippen LogP contribution < -0.4 is 9.47 Å². The van der Waals surface area contributed by atoms with Crippen LogP contribution in [0.3, 0.4) is 0 Å². The second-order valence-electron chi connectivity index (χ2n) is 5.71. The Balaban J connectivity index is 1.94. The average molecular weight is 371 g/mol. The number of rotatable bonds is 6. The molecule has 1 atom stereocenters. The van der Waals surface area contributed by atoms with Crippen molar-refractivity contribution < 1.29 is 32.2 Å². The molecule has 0 radical (unpaired) electrons. The molecule has 0 bridgehead atoms. The first-order chi connectivity index (χ1) is 11.8. The molecule has 0 N–H and O–H groups in total. The molecule has 1 amide bonds. The maximum Gasteiger partial charge on any atom is 0.338 e. The molecule has 2 rings (SSSR count). The molecule has 8 nitrogen and oxygen atoms in total. The first kappa shape index (κ1) is 19.0. The van der Waals surface area contributed by atoms with E-state index in [4.69, 9.17) is 14.2 Å². The number of sulfone groups is 1. The number of carbonyl (C=O) groups excluding carboxylic acids is 2. The van der Waals surface area contributed by atoms with Gasteiger partial charge in [0.2, 0.25) is 0 Å². The monoisotopic (exact) mass is 371 g/mol. The second kappa shape index (κ2) is 7.73. The molecule has 1 heterocycles. The largest absolute Gasteiger partial charge is 0.493 e. The van der Waals surface area contributed by atoms with Gasteiger partial charge in [-0.1, -0.05) is 0 Å². The van der Waals surface area contributed by atoms with E-state index in [1.54, 1.807) is 6.07 Å². The highest BCUT2D eigenvalue weighted by Gasteiger charge is 2.33. The molecule has 1 aromatic rings. The van der Waals surface area contributed by atoms with Gasteiger partial charge in [0.15, 0.2) is 27.9 Å². The van der Waals surface area contributed by atoms with Crippen LogP contribution in [0.4, 0.5) is 0 Å². The minimum atomic E-state index is -3.09. The minimum Gasteiger partial charge on any atom is -0.493 e. The number of carbonyl (C=O) groups is 2. The average Bonchev–Trinajstić information content (AvgIpc) is 2.97. The lowest BCUT2D eigenvalue weighted by atomic mass is 10.2. The van der Waals surface area contributed by atoms with Crippen LogP contribution in [0.2, 0.25) is 0 Å². The summed E-state index contributed by atoms with van der Waals surface area (Å²) in [6.45, 7) is -0.458. The molecular formula is C16H21NO7S. The van der Waals surface area contributed by atoms with E-state index < -0.39 is 28.3 Å². The number of ether oxygens (including phenoxy) is 3. The summed E-state index contributed by atoms with van der Waals surface area (Å²) in [6, 6.07) is 4.14. The molecule has 138 valence electrons. The Morgan fingerprint density at radius 3 is 2.44 bits per heavy atom. The van der Waals surface area contributed by atoms with Crippen LogP contribution in [0.1, 0.15) is 16.8 Å². The van der Waals surface area contributed by atoms with Gasteiger partial charge in [0, 0.05) is 13.1 Å². The lowest BCUT2D eigenvalue weighted by Gasteiger charge is -2.23. The SMILES string of the molecule is COc1ccc(C(=O)OCC(=O)N(C)[C@@H]2CCS(=O)(=O)C2)cc1OC. The second-order valence-corrected chi connectivity index (χ2v) is 7.94. The van der Waals surface area contributed by atoms with Crippen LogP contribution >= 0.6 is 0 Å². The van der Waals surface area contributed by atoms with Gasteiger partial charge in [-0.3, -0.25) is 4.79 Å². The summed E-state index contributed by atoms with van der Waals surface area (Å²) in [5.74, 6) is -0.272. The fourth-order valence-electron chi connectivity index (χ4n) is 2.56. The maximum absolute atomic E-state index is 12.1. The van der Waals surface area contributed by atoms with Crippen molar-refractivity contribution in [2.45, 2.75) is 12.5 Å². The van der Waals surface area contributed by atoms with Crippen molar-refractivity contribution >= 4 is 21.7 Å². The quantitative estimate of drug-likeness (QED) is 0.672. The summed E-state index contributed by atoms with van der Waals surface area (Å²) in [4.78, 5) is 25.5. The van der Waals surface area contributed by atoms with Crippen LogP contribution in [0, 0.1) is 0 Å². The molecule has 1 aromatic carbocycles. The highest BCUT2D eigenvalue weighted by molar-refractivity contribution is 7.91. The van der Waals surface area contributed by atoms with E-state index in [1.165, 1.54) is 38.3 Å². The fraction of sp³-hybridized carbons (Fsp3) is 0.500. The van der Waals surface area contributed by atoms with Gasteiger partial charge >= 0.3 is 5.97 Å². The number of esters is 1. The first-order valence-electron chi connectivity index (χ1n) is 7.62. The first-order valence-corrected chi connectivity index (χ1v) is 9.44. The molecule has 9 heteroatoms. The molecule has 0 unspecified atom stereocenters. The zero-order valence-corrected chi connectivity index (χ0v) is 15.2. The number of methoxy groups -OCH3 is 2. The van der Waals surface area contributed by atoms with Gasteiger partial charge < -0.3 is 19.1 Å². The van der Waals surface area contributed by atoms with E-state index in [0.717, 1.165) is 0 Å². The summed E-state index contributed by atoms with van der Waals surface area (Å²) < 4.78 is 38.2. The van der Waals surface area contributed by atoms with Crippen molar-refractivity contribution in [1.29, 1.82) is 0 Å². The van der Waals surface area contributed by atoms with Gasteiger partial charge in [0.05, 0.1) is 31.3 Å². The van der Waals surface area contributed by atoms with Crippen LogP contribution in [0.15, 0.2) is 18.2 Å². The molecule has 1 aliphatic rings. The smallest absolute Gasteiger partial charge is 0.338 e. The van der Waals surface area contributed by atoms with E-state index in [9.17, 15) is 18.0 Å². The van der Waals surface area contributed by atoms with Crippen molar-refractivity contribution in [3.05, 3.63) is 23.8 Å². The maximum atomic E-state index is 12.1. The number of hydrogen-bond donors (Lipinski definition) is 0. The van der Waals surface area contributed by atoms with Crippen LogP contribution in [-0.2, 0) is 19.4 Å². The Morgan fingerprint density at radius 2 is 1.88 bits per heavy atom. The van der Waals surface area contributed by atoms with Gasteiger partial charge in [-0.05, 0) is 24.6 Å². The normalized spacial score (nSPS) is 18.4. The third-order valence-corrected chi connectivity index (χ3v) is 5.85. The van der Waals surface area contributed by atoms with E-state index >= 15 is 0 Å². The summed E-state index contributed by atoms with van der Waals surface area (Å²) >= 11 is 0. The van der Waals surface area contributed by atoms with Crippen LogP contribution in [0.5, 0.6) is 11.5 Å². The molecule has 25 heavy (non-hydrogen) atoms. The van der Waals surface area contributed by atoms with Crippen molar-refractivity contribution in [3.8, 4) is 11.5 Å². The topological polar surface area (TPSA) is 99.2 Å². The third kappa shape index (κ3) is 4.62. The lowest BCUT2D eigenvalue weighted by molar-refractivity contribution is -0.134. The lowest BCUT2D eigenvalue weighted by Crippen LogP contribution is -2.40. The molecule has 0 saturated carbocycles.